The molecule has 0 spiro atoms. The number of carbonyl (C=O) groups excluding carboxylic acids is 1. The number of amides is 1. The number of phenolic OH excluding ortho intramolecular Hbond substituents is 1. The van der Waals surface area contributed by atoms with Crippen molar-refractivity contribution in [3.63, 3.8) is 0 Å². The standard InChI is InChI=1S/C20H17BrClN3O3/c21-12-4-1-3-11(9-12)19-16-17(14-10-13(22)5-6-15(14)27)23-24-18(16)20(28)25(19)7-2-8-26/h1,3-6,9-10,19,26-27H,2,7-8H2,(H,23,24). The van der Waals surface area contributed by atoms with Crippen molar-refractivity contribution in [1.82, 2.24) is 15.1 Å². The second kappa shape index (κ2) is 7.58. The van der Waals surface area contributed by atoms with Gasteiger partial charge in [-0.3, -0.25) is 9.89 Å². The fourth-order valence-electron chi connectivity index (χ4n) is 3.59. The molecule has 1 unspecified atom stereocenters. The number of aliphatic hydroxyl groups excluding tert-OH is 1. The van der Waals surface area contributed by atoms with Crippen molar-refractivity contribution in [2.75, 3.05) is 13.2 Å². The van der Waals surface area contributed by atoms with Gasteiger partial charge in [0, 0.05) is 33.8 Å². The molecule has 3 N–H and O–H groups in total. The quantitative estimate of drug-likeness (QED) is 0.532. The SMILES string of the molecule is O=C1c2[nH]nc(-c3cc(Cl)ccc3O)c2C(c2cccc(Br)c2)N1CCCO. The Morgan fingerprint density at radius 3 is 2.82 bits per heavy atom. The first-order valence-corrected chi connectivity index (χ1v) is 9.92. The lowest BCUT2D eigenvalue weighted by Crippen LogP contribution is -2.31. The van der Waals surface area contributed by atoms with E-state index >= 15 is 0 Å². The van der Waals surface area contributed by atoms with Gasteiger partial charge in [0.25, 0.3) is 5.91 Å². The highest BCUT2D eigenvalue weighted by molar-refractivity contribution is 9.10. The zero-order chi connectivity index (χ0) is 19.8. The molecule has 3 aromatic rings. The van der Waals surface area contributed by atoms with E-state index in [0.29, 0.717) is 40.5 Å². The topological polar surface area (TPSA) is 89.5 Å². The van der Waals surface area contributed by atoms with Gasteiger partial charge >= 0.3 is 0 Å². The zero-order valence-corrected chi connectivity index (χ0v) is 17.0. The number of rotatable bonds is 5. The van der Waals surface area contributed by atoms with E-state index in [9.17, 15) is 15.0 Å². The first kappa shape index (κ1) is 19.0. The summed E-state index contributed by atoms with van der Waals surface area (Å²) >= 11 is 9.61. The van der Waals surface area contributed by atoms with Gasteiger partial charge in [-0.25, -0.2) is 0 Å². The third kappa shape index (κ3) is 3.19. The number of phenols is 1. The number of benzene rings is 2. The Labute approximate surface area is 174 Å². The van der Waals surface area contributed by atoms with Crippen LogP contribution >= 0.6 is 27.5 Å². The molecule has 0 saturated heterocycles. The minimum Gasteiger partial charge on any atom is -0.507 e. The summed E-state index contributed by atoms with van der Waals surface area (Å²) in [4.78, 5) is 14.8. The van der Waals surface area contributed by atoms with Crippen molar-refractivity contribution in [2.45, 2.75) is 12.5 Å². The zero-order valence-electron chi connectivity index (χ0n) is 14.7. The number of H-pyrrole nitrogens is 1. The predicted molar refractivity (Wildman–Crippen MR) is 109 cm³/mol. The molecular weight excluding hydrogens is 446 g/mol. The number of nitrogens with zero attached hydrogens (tertiary/aromatic N) is 2. The maximum Gasteiger partial charge on any atom is 0.273 e. The molecule has 2 aromatic carbocycles. The van der Waals surface area contributed by atoms with Gasteiger partial charge in [0.05, 0.1) is 6.04 Å². The first-order valence-electron chi connectivity index (χ1n) is 8.75. The molecule has 144 valence electrons. The van der Waals surface area contributed by atoms with Gasteiger partial charge in [-0.15, -0.1) is 0 Å². The van der Waals surface area contributed by atoms with Gasteiger partial charge in [0.15, 0.2) is 0 Å². The van der Waals surface area contributed by atoms with Crippen LogP contribution in [0, 0.1) is 0 Å². The molecule has 2 heterocycles. The molecule has 6 nitrogen and oxygen atoms in total. The molecule has 1 atom stereocenters. The second-order valence-corrected chi connectivity index (χ2v) is 7.91. The van der Waals surface area contributed by atoms with Gasteiger partial charge in [0.1, 0.15) is 17.1 Å². The summed E-state index contributed by atoms with van der Waals surface area (Å²) < 4.78 is 0.892. The van der Waals surface area contributed by atoms with Crippen LogP contribution in [-0.2, 0) is 0 Å². The van der Waals surface area contributed by atoms with E-state index in [1.165, 1.54) is 6.07 Å². The smallest absolute Gasteiger partial charge is 0.273 e. The Balaban J connectivity index is 1.91. The van der Waals surface area contributed by atoms with Gasteiger partial charge < -0.3 is 15.1 Å². The molecule has 0 saturated carbocycles. The number of aromatic nitrogens is 2. The highest BCUT2D eigenvalue weighted by Gasteiger charge is 2.42. The molecule has 0 aliphatic carbocycles. The lowest BCUT2D eigenvalue weighted by molar-refractivity contribution is 0.0732. The van der Waals surface area contributed by atoms with Crippen LogP contribution in [0.4, 0.5) is 0 Å². The van der Waals surface area contributed by atoms with Gasteiger partial charge in [-0.05, 0) is 42.3 Å². The van der Waals surface area contributed by atoms with E-state index in [1.807, 2.05) is 24.3 Å². The Kier molecular flexibility index (Phi) is 5.14. The summed E-state index contributed by atoms with van der Waals surface area (Å²) in [5.74, 6) is -0.151. The predicted octanol–water partition coefficient (Wildman–Crippen LogP) is 4.13. The Hall–Kier alpha value is -2.35. The molecule has 0 bridgehead atoms. The molecule has 0 fully saturated rings. The summed E-state index contributed by atoms with van der Waals surface area (Å²) in [6.45, 7) is 0.388. The highest BCUT2D eigenvalue weighted by atomic mass is 79.9. The Morgan fingerprint density at radius 1 is 1.25 bits per heavy atom. The van der Waals surface area contributed by atoms with Crippen molar-refractivity contribution < 1.29 is 15.0 Å². The number of fused-ring (bicyclic) bond motifs is 1. The van der Waals surface area contributed by atoms with Crippen molar-refractivity contribution in [2.24, 2.45) is 0 Å². The number of aromatic amines is 1. The monoisotopic (exact) mass is 461 g/mol. The van der Waals surface area contributed by atoms with Crippen LogP contribution in [-0.4, -0.2) is 44.4 Å². The van der Waals surface area contributed by atoms with Crippen molar-refractivity contribution in [3.8, 4) is 17.0 Å². The number of aromatic hydroxyl groups is 1. The van der Waals surface area contributed by atoms with Crippen molar-refractivity contribution in [3.05, 3.63) is 68.8 Å². The Morgan fingerprint density at radius 2 is 2.07 bits per heavy atom. The second-order valence-electron chi connectivity index (χ2n) is 6.56. The van der Waals surface area contributed by atoms with Gasteiger partial charge in [-0.1, -0.05) is 39.7 Å². The lowest BCUT2D eigenvalue weighted by atomic mass is 9.95. The minimum atomic E-state index is -0.390. The van der Waals surface area contributed by atoms with Crippen LogP contribution in [0.3, 0.4) is 0 Å². The molecule has 1 aliphatic heterocycles. The third-order valence-electron chi connectivity index (χ3n) is 4.80. The van der Waals surface area contributed by atoms with E-state index in [1.54, 1.807) is 17.0 Å². The molecule has 1 aliphatic rings. The third-order valence-corrected chi connectivity index (χ3v) is 5.53. The number of hydrogen-bond donors (Lipinski definition) is 3. The first-order chi connectivity index (χ1) is 13.5. The van der Waals surface area contributed by atoms with Crippen LogP contribution in [0.5, 0.6) is 5.75 Å². The van der Waals surface area contributed by atoms with E-state index in [4.69, 9.17) is 11.6 Å². The fraction of sp³-hybridized carbons (Fsp3) is 0.200. The molecular formula is C20H17BrClN3O3. The number of hydrogen-bond acceptors (Lipinski definition) is 4. The van der Waals surface area contributed by atoms with E-state index < -0.39 is 6.04 Å². The highest BCUT2D eigenvalue weighted by Crippen LogP contribution is 2.45. The molecule has 8 heteroatoms. The summed E-state index contributed by atoms with van der Waals surface area (Å²) in [6.07, 6.45) is 0.464. The minimum absolute atomic E-state index is 0.0108. The van der Waals surface area contributed by atoms with Crippen LogP contribution < -0.4 is 0 Å². The Bertz CT molecular complexity index is 1050. The molecule has 0 radical (unpaired) electrons. The van der Waals surface area contributed by atoms with Crippen molar-refractivity contribution >= 4 is 33.4 Å². The van der Waals surface area contributed by atoms with Crippen LogP contribution in [0.25, 0.3) is 11.3 Å². The number of carbonyl (C=O) groups is 1. The van der Waals surface area contributed by atoms with E-state index in [2.05, 4.69) is 26.1 Å². The fourth-order valence-corrected chi connectivity index (χ4v) is 4.18. The van der Waals surface area contributed by atoms with E-state index in [0.717, 1.165) is 10.0 Å². The maximum atomic E-state index is 13.0. The average molecular weight is 463 g/mol. The lowest BCUT2D eigenvalue weighted by Gasteiger charge is -2.26. The van der Waals surface area contributed by atoms with Crippen LogP contribution in [0.1, 0.15) is 34.1 Å². The van der Waals surface area contributed by atoms with E-state index in [-0.39, 0.29) is 18.3 Å². The van der Waals surface area contributed by atoms with Crippen LogP contribution in [0.15, 0.2) is 46.9 Å². The normalized spacial score (nSPS) is 15.9. The van der Waals surface area contributed by atoms with Crippen LogP contribution in [0.2, 0.25) is 5.02 Å². The van der Waals surface area contributed by atoms with Crippen molar-refractivity contribution in [1.29, 1.82) is 0 Å². The molecule has 1 amide bonds. The average Bonchev–Trinajstić information content (AvgIpc) is 3.21. The summed E-state index contributed by atoms with van der Waals surface area (Å²) in [5.41, 5.74) is 2.93. The number of aliphatic hydroxyl groups is 1. The molecule has 1 aromatic heterocycles. The molecule has 4 rings (SSSR count). The van der Waals surface area contributed by atoms with Gasteiger partial charge in [-0.2, -0.15) is 5.10 Å². The van der Waals surface area contributed by atoms with Gasteiger partial charge in [0.2, 0.25) is 0 Å². The summed E-state index contributed by atoms with van der Waals surface area (Å²) in [6, 6.07) is 12.1. The number of nitrogens with one attached hydrogen (secondary N) is 1. The largest absolute Gasteiger partial charge is 0.507 e. The number of halogens is 2. The summed E-state index contributed by atoms with van der Waals surface area (Å²) in [5, 5.41) is 27.2. The molecule has 28 heavy (non-hydrogen) atoms. The summed E-state index contributed by atoms with van der Waals surface area (Å²) in [7, 11) is 0. The maximum absolute atomic E-state index is 13.0.